The molecule has 2 aromatic heterocycles. The number of benzene rings is 7. The number of thiophene rings is 2. The zero-order valence-corrected chi connectivity index (χ0v) is 27.2. The Kier molecular flexibility index (Phi) is 6.75. The van der Waals surface area contributed by atoms with E-state index < -0.39 is 0 Å². The van der Waals surface area contributed by atoms with E-state index in [2.05, 4.69) is 146 Å². The maximum atomic E-state index is 6.23. The fourth-order valence-electron chi connectivity index (χ4n) is 6.90. The first-order chi connectivity index (χ1) is 22.7. The summed E-state index contributed by atoms with van der Waals surface area (Å²) in [6.07, 6.45) is 0. The van der Waals surface area contributed by atoms with Gasteiger partial charge in [0, 0.05) is 51.3 Å². The van der Waals surface area contributed by atoms with Gasteiger partial charge in [-0.3, -0.25) is 0 Å². The number of fused-ring (bicyclic) bond motifs is 6. The van der Waals surface area contributed by atoms with E-state index in [1.807, 2.05) is 34.8 Å². The number of halogens is 1. The molecule has 0 aliphatic carbocycles. The molecule has 218 valence electrons. The van der Waals surface area contributed by atoms with Crippen LogP contribution in [0.5, 0.6) is 0 Å². The van der Waals surface area contributed by atoms with Crippen molar-refractivity contribution in [2.75, 3.05) is 0 Å². The molecule has 1 unspecified atom stereocenters. The van der Waals surface area contributed by atoms with Crippen molar-refractivity contribution in [2.24, 2.45) is 0 Å². The summed E-state index contributed by atoms with van der Waals surface area (Å²) in [4.78, 5) is 0. The molecule has 2 heterocycles. The number of hydrogen-bond donors (Lipinski definition) is 0. The molecule has 0 aliphatic heterocycles. The molecule has 1 atom stereocenters. The second-order valence-electron chi connectivity index (χ2n) is 11.8. The SMILES string of the molecule is Clc1ccc(-c2cccc3c2sc2ccc(C(c4ccc(-c5ccccc5)cc4)c4cccc5c4sc4ccccc45)cc23)cc1. The minimum absolute atomic E-state index is 0.0837. The largest absolute Gasteiger partial charge is 0.135 e. The van der Waals surface area contributed by atoms with Gasteiger partial charge >= 0.3 is 0 Å². The Labute approximate surface area is 280 Å². The molecule has 9 rings (SSSR count). The molecule has 0 N–H and O–H groups in total. The van der Waals surface area contributed by atoms with Crippen LogP contribution in [-0.4, -0.2) is 0 Å². The van der Waals surface area contributed by atoms with Crippen molar-refractivity contribution in [2.45, 2.75) is 5.92 Å². The minimum Gasteiger partial charge on any atom is -0.135 e. The first kappa shape index (κ1) is 27.6. The summed E-state index contributed by atoms with van der Waals surface area (Å²) in [7, 11) is 0. The van der Waals surface area contributed by atoms with Crippen LogP contribution in [0.3, 0.4) is 0 Å². The summed E-state index contributed by atoms with van der Waals surface area (Å²) in [5, 5.41) is 6.03. The fourth-order valence-corrected chi connectivity index (χ4v) is 9.49. The molecule has 0 radical (unpaired) electrons. The molecule has 0 aliphatic rings. The van der Waals surface area contributed by atoms with Gasteiger partial charge in [0.2, 0.25) is 0 Å². The molecule has 0 bridgehead atoms. The van der Waals surface area contributed by atoms with E-state index in [9.17, 15) is 0 Å². The van der Waals surface area contributed by atoms with Crippen molar-refractivity contribution in [3.63, 3.8) is 0 Å². The average Bonchev–Trinajstić information content (AvgIpc) is 3.68. The highest BCUT2D eigenvalue weighted by Crippen LogP contribution is 2.45. The van der Waals surface area contributed by atoms with Gasteiger partial charge < -0.3 is 0 Å². The monoisotopic (exact) mass is 642 g/mol. The Morgan fingerprint density at radius 3 is 1.85 bits per heavy atom. The van der Waals surface area contributed by atoms with Crippen LogP contribution >= 0.6 is 34.3 Å². The van der Waals surface area contributed by atoms with E-state index in [0.717, 1.165) is 5.02 Å². The second-order valence-corrected chi connectivity index (χ2v) is 14.3. The lowest BCUT2D eigenvalue weighted by Gasteiger charge is -2.20. The topological polar surface area (TPSA) is 0 Å². The molecule has 0 saturated heterocycles. The zero-order chi connectivity index (χ0) is 30.6. The van der Waals surface area contributed by atoms with E-state index in [1.54, 1.807) is 0 Å². The van der Waals surface area contributed by atoms with Crippen molar-refractivity contribution >= 4 is 74.6 Å². The van der Waals surface area contributed by atoms with Gasteiger partial charge in [0.1, 0.15) is 0 Å². The highest BCUT2D eigenvalue weighted by Gasteiger charge is 2.22. The molecule has 46 heavy (non-hydrogen) atoms. The van der Waals surface area contributed by atoms with Crippen molar-refractivity contribution < 1.29 is 0 Å². The maximum absolute atomic E-state index is 6.23. The first-order valence-electron chi connectivity index (χ1n) is 15.5. The van der Waals surface area contributed by atoms with Gasteiger partial charge in [-0.15, -0.1) is 22.7 Å². The van der Waals surface area contributed by atoms with Crippen molar-refractivity contribution in [1.82, 2.24) is 0 Å². The van der Waals surface area contributed by atoms with Gasteiger partial charge in [0.05, 0.1) is 0 Å². The van der Waals surface area contributed by atoms with Crippen LogP contribution in [0.25, 0.3) is 62.6 Å². The van der Waals surface area contributed by atoms with Crippen LogP contribution in [-0.2, 0) is 0 Å². The third-order valence-corrected chi connectivity index (χ3v) is 11.8. The Morgan fingerprint density at radius 2 is 1.02 bits per heavy atom. The van der Waals surface area contributed by atoms with E-state index in [1.165, 1.54) is 79.3 Å². The van der Waals surface area contributed by atoms with E-state index >= 15 is 0 Å². The van der Waals surface area contributed by atoms with Gasteiger partial charge in [0.25, 0.3) is 0 Å². The van der Waals surface area contributed by atoms with E-state index in [0.29, 0.717) is 0 Å². The second kappa shape index (κ2) is 11.3. The van der Waals surface area contributed by atoms with Crippen molar-refractivity contribution in [3.05, 3.63) is 179 Å². The van der Waals surface area contributed by atoms with Crippen LogP contribution in [0.1, 0.15) is 22.6 Å². The van der Waals surface area contributed by atoms with Gasteiger partial charge in [-0.05, 0) is 69.3 Å². The maximum Gasteiger partial charge on any atom is 0.0433 e. The Morgan fingerprint density at radius 1 is 0.413 bits per heavy atom. The number of rotatable bonds is 5. The molecular weight excluding hydrogens is 616 g/mol. The zero-order valence-electron chi connectivity index (χ0n) is 24.8. The van der Waals surface area contributed by atoms with Crippen LogP contribution in [0.2, 0.25) is 5.02 Å². The fraction of sp³-hybridized carbons (Fsp3) is 0.0233. The average molecular weight is 643 g/mol. The summed E-state index contributed by atoms with van der Waals surface area (Å²) >= 11 is 10.0. The predicted molar refractivity (Wildman–Crippen MR) is 202 cm³/mol. The minimum atomic E-state index is 0.0837. The molecule has 0 spiro atoms. The van der Waals surface area contributed by atoms with Crippen LogP contribution in [0.15, 0.2) is 158 Å². The Balaban J connectivity index is 1.25. The summed E-state index contributed by atoms with van der Waals surface area (Å²) in [5.74, 6) is 0.0837. The van der Waals surface area contributed by atoms with Crippen molar-refractivity contribution in [3.8, 4) is 22.3 Å². The summed E-state index contributed by atoms with van der Waals surface area (Å²) in [6.45, 7) is 0. The van der Waals surface area contributed by atoms with Gasteiger partial charge in [-0.25, -0.2) is 0 Å². The molecule has 0 nitrogen and oxygen atoms in total. The van der Waals surface area contributed by atoms with Crippen molar-refractivity contribution in [1.29, 1.82) is 0 Å². The highest BCUT2D eigenvalue weighted by atomic mass is 35.5. The molecule has 7 aromatic carbocycles. The quantitative estimate of drug-likeness (QED) is 0.164. The van der Waals surface area contributed by atoms with Crippen LogP contribution in [0.4, 0.5) is 0 Å². The lowest BCUT2D eigenvalue weighted by molar-refractivity contribution is 0.995. The van der Waals surface area contributed by atoms with Gasteiger partial charge in [-0.2, -0.15) is 0 Å². The van der Waals surface area contributed by atoms with Gasteiger partial charge in [0.15, 0.2) is 0 Å². The van der Waals surface area contributed by atoms with Crippen LogP contribution < -0.4 is 0 Å². The number of hydrogen-bond acceptors (Lipinski definition) is 2. The third-order valence-electron chi connectivity index (χ3n) is 9.11. The molecule has 0 saturated carbocycles. The molecular formula is C43H27ClS2. The van der Waals surface area contributed by atoms with E-state index in [-0.39, 0.29) is 5.92 Å². The third kappa shape index (κ3) is 4.65. The summed E-state index contributed by atoms with van der Waals surface area (Å²) < 4.78 is 5.31. The predicted octanol–water partition coefficient (Wildman–Crippen LogP) is 13.6. The normalized spacial score (nSPS) is 12.4. The highest BCUT2D eigenvalue weighted by molar-refractivity contribution is 7.26. The first-order valence-corrected chi connectivity index (χ1v) is 17.5. The molecule has 0 fully saturated rings. The Hall–Kier alpha value is -4.73. The summed E-state index contributed by atoms with van der Waals surface area (Å²) in [6, 6.07) is 57.5. The van der Waals surface area contributed by atoms with Crippen LogP contribution in [0, 0.1) is 0 Å². The molecule has 0 amide bonds. The standard InChI is InChI=1S/C43H27ClS2/c44-32-23-20-29(21-24-32)33-11-6-13-36-38-26-31(22-25-40(38)46-42(33)36)41(30-18-16-28(17-19-30)27-8-2-1-3-9-27)37-14-7-12-35-34-10-4-5-15-39(34)45-43(35)37/h1-26,41H. The molecule has 9 aromatic rings. The Bertz CT molecular complexity index is 2520. The smallest absolute Gasteiger partial charge is 0.0433 e. The lowest BCUT2D eigenvalue weighted by atomic mass is 9.83. The lowest BCUT2D eigenvalue weighted by Crippen LogP contribution is -2.03. The van der Waals surface area contributed by atoms with E-state index in [4.69, 9.17) is 11.6 Å². The van der Waals surface area contributed by atoms with Gasteiger partial charge in [-0.1, -0.05) is 139 Å². The molecule has 3 heteroatoms. The summed E-state index contributed by atoms with van der Waals surface area (Å²) in [5.41, 5.74) is 8.87.